The average molecular weight is 299 g/mol. The van der Waals surface area contributed by atoms with Gasteiger partial charge in [0, 0.05) is 25.2 Å². The van der Waals surface area contributed by atoms with E-state index in [-0.39, 0.29) is 0 Å². The Morgan fingerprint density at radius 1 is 1.32 bits per heavy atom. The quantitative estimate of drug-likeness (QED) is 0.870. The van der Waals surface area contributed by atoms with Gasteiger partial charge in [0.25, 0.3) is 0 Å². The zero-order chi connectivity index (χ0) is 15.4. The molecule has 0 bridgehead atoms. The highest BCUT2D eigenvalue weighted by molar-refractivity contribution is 5.48. The Morgan fingerprint density at radius 3 is 2.86 bits per heavy atom. The van der Waals surface area contributed by atoms with Gasteiger partial charge >= 0.3 is 0 Å². The lowest BCUT2D eigenvalue weighted by Crippen LogP contribution is -2.30. The predicted octanol–water partition coefficient (Wildman–Crippen LogP) is 1.44. The largest absolute Gasteiger partial charge is 0.486 e. The van der Waals surface area contributed by atoms with Crippen molar-refractivity contribution in [1.82, 2.24) is 15.3 Å². The van der Waals surface area contributed by atoms with Gasteiger partial charge in [-0.3, -0.25) is 0 Å². The van der Waals surface area contributed by atoms with Crippen molar-refractivity contribution in [3.05, 3.63) is 42.2 Å². The van der Waals surface area contributed by atoms with Crippen molar-refractivity contribution in [2.75, 3.05) is 30.8 Å². The molecule has 1 atom stereocenters. The molecule has 0 amide bonds. The number of aromatic nitrogens is 2. The van der Waals surface area contributed by atoms with Gasteiger partial charge < -0.3 is 20.7 Å². The second-order valence-corrected chi connectivity index (χ2v) is 5.39. The van der Waals surface area contributed by atoms with Gasteiger partial charge in [-0.15, -0.1) is 0 Å². The van der Waals surface area contributed by atoms with E-state index in [9.17, 15) is 0 Å². The zero-order valence-electron chi connectivity index (χ0n) is 12.7. The number of nitrogens with two attached hydrogens (primary N) is 1. The van der Waals surface area contributed by atoms with Gasteiger partial charge in [0.1, 0.15) is 24.0 Å². The standard InChI is InChI=1S/C16H21N5O/c1-18-12-7-8-21(10-12)16-9-14(17)19-15(20-16)11-22-13-5-3-2-4-6-13/h2-6,9,12,18H,7-8,10-11H2,1H3,(H2,17,19,20)/t12-/m1/s1. The SMILES string of the molecule is CN[C@@H]1CCN(c2cc(N)nc(COc3ccccc3)n2)C1. The Balaban J connectivity index is 1.70. The van der Waals surface area contributed by atoms with E-state index >= 15 is 0 Å². The van der Waals surface area contributed by atoms with E-state index in [1.54, 1.807) is 0 Å². The van der Waals surface area contributed by atoms with Gasteiger partial charge in [-0.2, -0.15) is 0 Å². The van der Waals surface area contributed by atoms with Crippen molar-refractivity contribution in [2.45, 2.75) is 19.1 Å². The van der Waals surface area contributed by atoms with E-state index in [1.165, 1.54) is 0 Å². The van der Waals surface area contributed by atoms with Gasteiger partial charge in [-0.1, -0.05) is 18.2 Å². The molecule has 3 N–H and O–H groups in total. The van der Waals surface area contributed by atoms with Gasteiger partial charge in [-0.25, -0.2) is 9.97 Å². The van der Waals surface area contributed by atoms with E-state index < -0.39 is 0 Å². The first-order valence-corrected chi connectivity index (χ1v) is 7.48. The van der Waals surface area contributed by atoms with Crippen LogP contribution in [0.15, 0.2) is 36.4 Å². The van der Waals surface area contributed by atoms with Gasteiger partial charge in [0.2, 0.25) is 0 Å². The number of nitrogens with zero attached hydrogens (tertiary/aromatic N) is 3. The summed E-state index contributed by atoms with van der Waals surface area (Å²) >= 11 is 0. The Morgan fingerprint density at radius 2 is 2.14 bits per heavy atom. The molecule has 0 unspecified atom stereocenters. The molecule has 22 heavy (non-hydrogen) atoms. The fourth-order valence-electron chi connectivity index (χ4n) is 2.60. The third kappa shape index (κ3) is 3.46. The second kappa shape index (κ2) is 6.62. The molecule has 0 radical (unpaired) electrons. The first-order valence-electron chi connectivity index (χ1n) is 7.48. The highest BCUT2D eigenvalue weighted by Crippen LogP contribution is 2.20. The van der Waals surface area contributed by atoms with Crippen molar-refractivity contribution in [1.29, 1.82) is 0 Å². The summed E-state index contributed by atoms with van der Waals surface area (Å²) in [6.45, 7) is 2.22. The molecule has 2 heterocycles. The van der Waals surface area contributed by atoms with E-state index in [0.717, 1.165) is 31.1 Å². The fourth-order valence-corrected chi connectivity index (χ4v) is 2.60. The maximum atomic E-state index is 5.91. The highest BCUT2D eigenvalue weighted by Gasteiger charge is 2.22. The van der Waals surface area contributed by atoms with Crippen LogP contribution < -0.4 is 20.7 Å². The van der Waals surface area contributed by atoms with Crippen molar-refractivity contribution >= 4 is 11.6 Å². The van der Waals surface area contributed by atoms with Crippen LogP contribution in [0, 0.1) is 0 Å². The minimum atomic E-state index is 0.311. The number of likely N-dealkylation sites (N-methyl/N-ethyl adjacent to an activating group) is 1. The molecule has 1 saturated heterocycles. The van der Waals surface area contributed by atoms with Crippen LogP contribution in [0.1, 0.15) is 12.2 Å². The molecule has 0 saturated carbocycles. The van der Waals surface area contributed by atoms with Crippen LogP contribution >= 0.6 is 0 Å². The van der Waals surface area contributed by atoms with Crippen molar-refractivity contribution < 1.29 is 4.74 Å². The summed E-state index contributed by atoms with van der Waals surface area (Å²) in [6.07, 6.45) is 1.11. The summed E-state index contributed by atoms with van der Waals surface area (Å²) in [4.78, 5) is 11.1. The zero-order valence-corrected chi connectivity index (χ0v) is 12.7. The van der Waals surface area contributed by atoms with Crippen LogP contribution in [0.3, 0.4) is 0 Å². The highest BCUT2D eigenvalue weighted by atomic mass is 16.5. The lowest BCUT2D eigenvalue weighted by Gasteiger charge is -2.18. The number of anilines is 2. The molecule has 1 fully saturated rings. The molecule has 1 aliphatic rings. The van der Waals surface area contributed by atoms with E-state index in [4.69, 9.17) is 10.5 Å². The molecule has 3 rings (SSSR count). The van der Waals surface area contributed by atoms with Crippen LogP contribution in [-0.2, 0) is 6.61 Å². The van der Waals surface area contributed by atoms with Crippen LogP contribution in [0.25, 0.3) is 0 Å². The summed E-state index contributed by atoms with van der Waals surface area (Å²) in [5.74, 6) is 2.75. The van der Waals surface area contributed by atoms with Gasteiger partial charge in [-0.05, 0) is 25.6 Å². The summed E-state index contributed by atoms with van der Waals surface area (Å²) in [6, 6.07) is 12.0. The number of benzene rings is 1. The van der Waals surface area contributed by atoms with Crippen LogP contribution in [0.5, 0.6) is 5.75 Å². The number of ether oxygens (including phenoxy) is 1. The third-order valence-corrected chi connectivity index (χ3v) is 3.81. The molecule has 6 heteroatoms. The smallest absolute Gasteiger partial charge is 0.170 e. The lowest BCUT2D eigenvalue weighted by molar-refractivity contribution is 0.296. The van der Waals surface area contributed by atoms with Crippen LogP contribution in [0.4, 0.5) is 11.6 Å². The van der Waals surface area contributed by atoms with Crippen LogP contribution in [0.2, 0.25) is 0 Å². The number of nitrogens with one attached hydrogen (secondary N) is 1. The number of nitrogen functional groups attached to an aromatic ring is 1. The monoisotopic (exact) mass is 299 g/mol. The average Bonchev–Trinajstić information content (AvgIpc) is 3.03. The topological polar surface area (TPSA) is 76.3 Å². The Hall–Kier alpha value is -2.34. The first kappa shape index (κ1) is 14.6. The van der Waals surface area contributed by atoms with Crippen molar-refractivity contribution in [2.24, 2.45) is 0 Å². The summed E-state index contributed by atoms with van der Waals surface area (Å²) < 4.78 is 5.70. The summed E-state index contributed by atoms with van der Waals surface area (Å²) in [5.41, 5.74) is 5.91. The normalized spacial score (nSPS) is 17.7. The van der Waals surface area contributed by atoms with E-state index in [2.05, 4.69) is 20.2 Å². The molecule has 116 valence electrons. The number of para-hydroxylation sites is 1. The van der Waals surface area contributed by atoms with Crippen molar-refractivity contribution in [3.63, 3.8) is 0 Å². The number of hydrogen-bond acceptors (Lipinski definition) is 6. The van der Waals surface area contributed by atoms with Gasteiger partial charge in [0.05, 0.1) is 0 Å². The molecule has 2 aromatic rings. The molecular weight excluding hydrogens is 278 g/mol. The molecule has 1 aromatic heterocycles. The number of hydrogen-bond donors (Lipinski definition) is 2. The minimum Gasteiger partial charge on any atom is -0.486 e. The summed E-state index contributed by atoms with van der Waals surface area (Å²) in [7, 11) is 1.99. The number of rotatable bonds is 5. The molecule has 0 aliphatic carbocycles. The second-order valence-electron chi connectivity index (χ2n) is 5.39. The maximum Gasteiger partial charge on any atom is 0.170 e. The predicted molar refractivity (Wildman–Crippen MR) is 86.9 cm³/mol. The maximum absolute atomic E-state index is 5.91. The van der Waals surface area contributed by atoms with E-state index in [0.29, 0.717) is 24.3 Å². The third-order valence-electron chi connectivity index (χ3n) is 3.81. The minimum absolute atomic E-state index is 0.311. The summed E-state index contributed by atoms with van der Waals surface area (Å²) in [5, 5.41) is 3.30. The van der Waals surface area contributed by atoms with Crippen molar-refractivity contribution in [3.8, 4) is 5.75 Å². The molecular formula is C16H21N5O. The molecule has 0 spiro atoms. The van der Waals surface area contributed by atoms with Gasteiger partial charge in [0.15, 0.2) is 5.82 Å². The molecule has 1 aliphatic heterocycles. The molecule has 6 nitrogen and oxygen atoms in total. The van der Waals surface area contributed by atoms with E-state index in [1.807, 2.05) is 43.4 Å². The Bertz CT molecular complexity index is 619. The Kier molecular flexibility index (Phi) is 4.39. The van der Waals surface area contributed by atoms with Crippen LogP contribution in [-0.4, -0.2) is 36.1 Å². The first-order chi connectivity index (χ1) is 10.7. The molecule has 1 aromatic carbocycles. The Labute approximate surface area is 130 Å². The fraction of sp³-hybridized carbons (Fsp3) is 0.375. The lowest BCUT2D eigenvalue weighted by atomic mass is 10.3.